The van der Waals surface area contributed by atoms with Crippen molar-refractivity contribution in [3.8, 4) is 11.1 Å². The van der Waals surface area contributed by atoms with Crippen molar-refractivity contribution in [1.29, 1.82) is 0 Å². The van der Waals surface area contributed by atoms with Crippen LogP contribution in [0.15, 0.2) is 18.5 Å². The number of nitrogens with zero attached hydrogens (tertiary/aromatic N) is 5. The molecule has 152 valence electrons. The van der Waals surface area contributed by atoms with E-state index in [1.165, 1.54) is 35.8 Å². The van der Waals surface area contributed by atoms with Crippen molar-refractivity contribution >= 4 is 31.3 Å². The molecule has 1 aromatic carbocycles. The minimum Gasteiger partial charge on any atom is -0.356 e. The van der Waals surface area contributed by atoms with Crippen LogP contribution in [0.25, 0.3) is 16.9 Å². The molecular weight excluding hydrogens is 419 g/mol. The van der Waals surface area contributed by atoms with E-state index < -0.39 is 31.1 Å². The van der Waals surface area contributed by atoms with Crippen LogP contribution in [-0.2, 0) is 0 Å². The van der Waals surface area contributed by atoms with Gasteiger partial charge in [-0.3, -0.25) is 0 Å². The zero-order chi connectivity index (χ0) is 20.2. The van der Waals surface area contributed by atoms with E-state index in [-0.39, 0.29) is 16.5 Å². The van der Waals surface area contributed by atoms with Gasteiger partial charge in [-0.25, -0.2) is 13.2 Å². The molecule has 2 fully saturated rings. The highest BCUT2D eigenvalue weighted by atomic mass is 35.5. The number of hydrogen-bond donors (Lipinski definition) is 0. The van der Waals surface area contributed by atoms with Gasteiger partial charge in [-0.1, -0.05) is 36.5 Å². The molecule has 2 aliphatic heterocycles. The maximum Gasteiger partial charge on any atom is 0.255 e. The third-order valence-corrected chi connectivity index (χ3v) is 12.1. The standard InChI is InChI=1S/C19H19ClF3N5Si/c20-17-16(15-13(22)9-12(21)10-14(15)23)18(28-19(26-17)24-11-25-28)27-3-7-29(8-4-27)5-1-2-6-29/h9-11H,1-8H2. The molecule has 0 radical (unpaired) electrons. The first-order valence-corrected chi connectivity index (χ1v) is 13.0. The number of anilines is 1. The Morgan fingerprint density at radius 3 is 2.24 bits per heavy atom. The first-order chi connectivity index (χ1) is 14.0. The van der Waals surface area contributed by atoms with Gasteiger partial charge in [-0.2, -0.15) is 19.6 Å². The first kappa shape index (κ1) is 18.9. The van der Waals surface area contributed by atoms with Gasteiger partial charge in [0.2, 0.25) is 0 Å². The average Bonchev–Trinajstić information content (AvgIpc) is 3.32. The van der Waals surface area contributed by atoms with Crippen molar-refractivity contribution in [1.82, 2.24) is 19.6 Å². The van der Waals surface area contributed by atoms with Crippen LogP contribution in [0.3, 0.4) is 0 Å². The van der Waals surface area contributed by atoms with Gasteiger partial charge < -0.3 is 4.90 Å². The summed E-state index contributed by atoms with van der Waals surface area (Å²) < 4.78 is 44.3. The zero-order valence-electron chi connectivity index (χ0n) is 15.6. The number of benzene rings is 1. The van der Waals surface area contributed by atoms with Gasteiger partial charge >= 0.3 is 0 Å². The van der Waals surface area contributed by atoms with Gasteiger partial charge in [0.15, 0.2) is 0 Å². The molecule has 0 aliphatic carbocycles. The van der Waals surface area contributed by atoms with E-state index in [4.69, 9.17) is 11.6 Å². The van der Waals surface area contributed by atoms with Crippen molar-refractivity contribution in [3.63, 3.8) is 0 Å². The molecule has 5 nitrogen and oxygen atoms in total. The van der Waals surface area contributed by atoms with Crippen LogP contribution in [0.4, 0.5) is 19.0 Å². The van der Waals surface area contributed by atoms with Crippen molar-refractivity contribution in [2.24, 2.45) is 0 Å². The molecule has 0 saturated carbocycles. The van der Waals surface area contributed by atoms with Crippen LogP contribution >= 0.6 is 11.6 Å². The van der Waals surface area contributed by atoms with Crippen molar-refractivity contribution < 1.29 is 13.2 Å². The fraction of sp³-hybridized carbons (Fsp3) is 0.421. The first-order valence-electron chi connectivity index (χ1n) is 9.77. The van der Waals surface area contributed by atoms with Crippen LogP contribution in [0.5, 0.6) is 0 Å². The molecule has 0 amide bonds. The Hall–Kier alpha value is -2.13. The highest BCUT2D eigenvalue weighted by Gasteiger charge is 2.40. The van der Waals surface area contributed by atoms with Gasteiger partial charge in [0.25, 0.3) is 5.78 Å². The predicted octanol–water partition coefficient (Wildman–Crippen LogP) is 4.92. The summed E-state index contributed by atoms with van der Waals surface area (Å²) >= 11 is 6.39. The molecule has 3 aromatic rings. The van der Waals surface area contributed by atoms with E-state index in [9.17, 15) is 13.2 Å². The Kier molecular flexibility index (Phi) is 4.54. The summed E-state index contributed by atoms with van der Waals surface area (Å²) in [5.74, 6) is -2.31. The van der Waals surface area contributed by atoms with Gasteiger partial charge in [0, 0.05) is 25.2 Å². The Morgan fingerprint density at radius 2 is 1.59 bits per heavy atom. The molecule has 2 aliphatic rings. The summed E-state index contributed by atoms with van der Waals surface area (Å²) in [6.45, 7) is 1.55. The van der Waals surface area contributed by atoms with E-state index in [1.54, 1.807) is 0 Å². The summed E-state index contributed by atoms with van der Waals surface area (Å²) in [6, 6.07) is 6.31. The van der Waals surface area contributed by atoms with Gasteiger partial charge in [0.1, 0.15) is 34.7 Å². The van der Waals surface area contributed by atoms with Crippen molar-refractivity contribution in [3.05, 3.63) is 41.1 Å². The fourth-order valence-electron chi connectivity index (χ4n) is 4.91. The number of rotatable bonds is 2. The highest BCUT2D eigenvalue weighted by molar-refractivity contribution is 6.80. The third kappa shape index (κ3) is 3.11. The Bertz CT molecular complexity index is 1070. The Labute approximate surface area is 171 Å². The van der Waals surface area contributed by atoms with Crippen LogP contribution in [0, 0.1) is 17.5 Å². The monoisotopic (exact) mass is 437 g/mol. The molecule has 2 aromatic heterocycles. The average molecular weight is 438 g/mol. The SMILES string of the molecule is Fc1cc(F)c(-c2c(Cl)nc3ncnn3c2N2CC[Si]3(CCCC3)CC2)c(F)c1. The number of hydrogen-bond acceptors (Lipinski definition) is 4. The van der Waals surface area contributed by atoms with Crippen LogP contribution in [0.2, 0.25) is 29.3 Å². The third-order valence-electron chi connectivity index (χ3n) is 6.40. The summed E-state index contributed by atoms with van der Waals surface area (Å²) in [5.41, 5.74) is -0.307. The lowest BCUT2D eigenvalue weighted by molar-refractivity contribution is 0.547. The van der Waals surface area contributed by atoms with Gasteiger partial charge in [-0.15, -0.1) is 0 Å². The molecule has 0 atom stereocenters. The second kappa shape index (κ2) is 6.98. The largest absolute Gasteiger partial charge is 0.356 e. The van der Waals surface area contributed by atoms with Crippen LogP contribution in [0.1, 0.15) is 12.8 Å². The van der Waals surface area contributed by atoms with E-state index in [2.05, 4.69) is 20.0 Å². The number of aromatic nitrogens is 4. The summed E-state index contributed by atoms with van der Waals surface area (Å²) in [6.07, 6.45) is 3.97. The Balaban J connectivity index is 1.67. The lowest BCUT2D eigenvalue weighted by Gasteiger charge is -2.39. The quantitative estimate of drug-likeness (QED) is 0.421. The molecule has 0 bridgehead atoms. The molecular formula is C19H19ClF3N5Si. The van der Waals surface area contributed by atoms with E-state index >= 15 is 0 Å². The maximum absolute atomic E-state index is 14.7. The Morgan fingerprint density at radius 1 is 0.931 bits per heavy atom. The normalized spacial score (nSPS) is 18.8. The summed E-state index contributed by atoms with van der Waals surface area (Å²) in [4.78, 5) is 10.3. The lowest BCUT2D eigenvalue weighted by atomic mass is 10.1. The molecule has 0 N–H and O–H groups in total. The molecule has 5 rings (SSSR count). The van der Waals surface area contributed by atoms with Crippen LogP contribution in [-0.4, -0.2) is 40.7 Å². The van der Waals surface area contributed by atoms with Gasteiger partial charge in [0.05, 0.1) is 19.2 Å². The maximum atomic E-state index is 14.7. The second-order valence-corrected chi connectivity index (χ2v) is 13.4. The number of fused-ring (bicyclic) bond motifs is 1. The topological polar surface area (TPSA) is 46.3 Å². The summed E-state index contributed by atoms with van der Waals surface area (Å²) in [7, 11) is -1.22. The molecule has 10 heteroatoms. The highest BCUT2D eigenvalue weighted by Crippen LogP contribution is 2.44. The summed E-state index contributed by atoms with van der Waals surface area (Å²) in [5, 5.41) is 4.14. The van der Waals surface area contributed by atoms with Crippen molar-refractivity contribution in [2.75, 3.05) is 18.0 Å². The second-order valence-electron chi connectivity index (χ2n) is 8.01. The minimum absolute atomic E-state index is 0.0803. The molecule has 4 heterocycles. The van der Waals surface area contributed by atoms with Crippen LogP contribution < -0.4 is 4.90 Å². The fourth-order valence-corrected chi connectivity index (χ4v) is 10.2. The minimum atomic E-state index is -1.22. The number of halogens is 4. The van der Waals surface area contributed by atoms with E-state index in [0.717, 1.165) is 25.2 Å². The zero-order valence-corrected chi connectivity index (χ0v) is 17.4. The van der Waals surface area contributed by atoms with Gasteiger partial charge in [-0.05, 0) is 12.1 Å². The molecule has 0 unspecified atom stereocenters. The smallest absolute Gasteiger partial charge is 0.255 e. The predicted molar refractivity (Wildman–Crippen MR) is 108 cm³/mol. The lowest BCUT2D eigenvalue weighted by Crippen LogP contribution is -2.45. The van der Waals surface area contributed by atoms with E-state index in [0.29, 0.717) is 18.0 Å². The molecule has 1 spiro atoms. The molecule has 2 saturated heterocycles. The van der Waals surface area contributed by atoms with E-state index in [1.807, 2.05) is 0 Å². The molecule has 29 heavy (non-hydrogen) atoms. The van der Waals surface area contributed by atoms with Crippen molar-refractivity contribution in [2.45, 2.75) is 37.0 Å².